The van der Waals surface area contributed by atoms with Gasteiger partial charge in [0.1, 0.15) is 0 Å². The molecule has 2 aromatic carbocycles. The van der Waals surface area contributed by atoms with E-state index in [4.69, 9.17) is 0 Å². The zero-order valence-corrected chi connectivity index (χ0v) is 20.6. The van der Waals surface area contributed by atoms with Crippen molar-refractivity contribution in [2.45, 2.75) is 31.2 Å². The average Bonchev–Trinajstić information content (AvgIpc) is 3.25. The Hall–Kier alpha value is -2.36. The Morgan fingerprint density at radius 2 is 1.97 bits per heavy atom. The van der Waals surface area contributed by atoms with Gasteiger partial charge in [0.25, 0.3) is 5.91 Å². The highest BCUT2D eigenvalue weighted by molar-refractivity contribution is 8.15. The molecule has 0 spiro atoms. The topological polar surface area (TPSA) is 90.9 Å². The number of benzene rings is 2. The smallest absolute Gasteiger partial charge is 0.251 e. The van der Waals surface area contributed by atoms with Crippen molar-refractivity contribution >= 4 is 38.4 Å². The lowest BCUT2D eigenvalue weighted by molar-refractivity contribution is 0.0952. The van der Waals surface area contributed by atoms with Gasteiger partial charge in [-0.15, -0.1) is 0 Å². The predicted octanol–water partition coefficient (Wildman–Crippen LogP) is 2.93. The summed E-state index contributed by atoms with van der Waals surface area (Å²) >= 11 is 1.48. The highest BCUT2D eigenvalue weighted by Crippen LogP contribution is 2.35. The van der Waals surface area contributed by atoms with E-state index < -0.39 is 9.84 Å². The summed E-state index contributed by atoms with van der Waals surface area (Å²) in [6, 6.07) is 15.7. The Balaban J connectivity index is 1.26. The highest BCUT2D eigenvalue weighted by atomic mass is 32.2. The first-order valence-corrected chi connectivity index (χ1v) is 13.8. The summed E-state index contributed by atoms with van der Waals surface area (Å²) in [5, 5.41) is 7.02. The molecule has 1 amide bonds. The van der Waals surface area contributed by atoms with Crippen LogP contribution in [0.2, 0.25) is 0 Å². The number of carbonyl (C=O) groups is 1. The molecule has 0 aliphatic carbocycles. The van der Waals surface area contributed by atoms with Crippen molar-refractivity contribution in [3.8, 4) is 0 Å². The third-order valence-corrected chi connectivity index (χ3v) is 9.00. The zero-order valence-electron chi connectivity index (χ0n) is 19.0. The van der Waals surface area contributed by atoms with Crippen molar-refractivity contribution in [2.24, 2.45) is 4.99 Å². The molecule has 2 aliphatic heterocycles. The van der Waals surface area contributed by atoms with E-state index in [-0.39, 0.29) is 28.7 Å². The van der Waals surface area contributed by atoms with E-state index in [0.717, 1.165) is 35.9 Å². The molecule has 9 heteroatoms. The minimum atomic E-state index is -2.97. The highest BCUT2D eigenvalue weighted by Gasteiger charge is 2.42. The van der Waals surface area contributed by atoms with Gasteiger partial charge >= 0.3 is 0 Å². The second kappa shape index (κ2) is 10.3. The lowest BCUT2D eigenvalue weighted by Crippen LogP contribution is -2.28. The van der Waals surface area contributed by atoms with Crippen molar-refractivity contribution < 1.29 is 13.2 Å². The molecule has 2 aliphatic rings. The van der Waals surface area contributed by atoms with Gasteiger partial charge < -0.3 is 15.5 Å². The van der Waals surface area contributed by atoms with Gasteiger partial charge in [0.15, 0.2) is 15.0 Å². The fourth-order valence-corrected chi connectivity index (χ4v) is 7.72. The van der Waals surface area contributed by atoms with Crippen LogP contribution < -0.4 is 10.6 Å². The average molecular weight is 487 g/mol. The van der Waals surface area contributed by atoms with Crippen molar-refractivity contribution in [1.82, 2.24) is 10.2 Å². The number of sulfone groups is 1. The Morgan fingerprint density at radius 3 is 2.73 bits per heavy atom. The number of carbonyl (C=O) groups excluding carboxylic acids is 1. The number of fused-ring (bicyclic) bond motifs is 1. The van der Waals surface area contributed by atoms with Crippen LogP contribution in [0.25, 0.3) is 0 Å². The van der Waals surface area contributed by atoms with Gasteiger partial charge in [-0.1, -0.05) is 48.2 Å². The van der Waals surface area contributed by atoms with Crippen LogP contribution in [-0.4, -0.2) is 67.3 Å². The number of amides is 1. The van der Waals surface area contributed by atoms with Crippen LogP contribution in [0, 0.1) is 6.92 Å². The van der Waals surface area contributed by atoms with Crippen molar-refractivity contribution in [3.05, 3.63) is 65.2 Å². The Kier molecular flexibility index (Phi) is 7.41. The number of rotatable bonds is 8. The quantitative estimate of drug-likeness (QED) is 0.558. The second-order valence-corrected chi connectivity index (χ2v) is 12.1. The van der Waals surface area contributed by atoms with Crippen molar-refractivity contribution in [1.29, 1.82) is 0 Å². The maximum Gasteiger partial charge on any atom is 0.251 e. The van der Waals surface area contributed by atoms with Gasteiger partial charge in [-0.3, -0.25) is 9.79 Å². The summed E-state index contributed by atoms with van der Waals surface area (Å²) in [7, 11) is -0.889. The van der Waals surface area contributed by atoms with Crippen LogP contribution >= 0.6 is 11.8 Å². The zero-order chi connectivity index (χ0) is 23.4. The monoisotopic (exact) mass is 486 g/mol. The molecule has 0 unspecified atom stereocenters. The molecule has 0 radical (unpaired) electrons. The van der Waals surface area contributed by atoms with Gasteiger partial charge in [-0.05, 0) is 50.2 Å². The number of amidine groups is 1. The third-order valence-electron chi connectivity index (χ3n) is 5.86. The Morgan fingerprint density at radius 1 is 1.18 bits per heavy atom. The van der Waals surface area contributed by atoms with E-state index in [1.807, 2.05) is 43.3 Å². The van der Waals surface area contributed by atoms with Crippen LogP contribution in [0.3, 0.4) is 0 Å². The van der Waals surface area contributed by atoms with E-state index in [0.29, 0.717) is 12.1 Å². The third kappa shape index (κ3) is 6.37. The number of hydrogen-bond acceptors (Lipinski definition) is 7. The molecule has 2 atom stereocenters. The molecule has 4 rings (SSSR count). The molecule has 2 aromatic rings. The predicted molar refractivity (Wildman–Crippen MR) is 136 cm³/mol. The largest absolute Gasteiger partial charge is 0.352 e. The van der Waals surface area contributed by atoms with Gasteiger partial charge in [0.05, 0.1) is 17.5 Å². The fraction of sp³-hybridized carbons (Fsp3) is 0.417. The Bertz CT molecular complexity index is 1140. The lowest BCUT2D eigenvalue weighted by Gasteiger charge is -2.17. The van der Waals surface area contributed by atoms with E-state index in [9.17, 15) is 13.2 Å². The molecule has 0 saturated carbocycles. The molecule has 1 saturated heterocycles. The fourth-order valence-electron chi connectivity index (χ4n) is 4.06. The van der Waals surface area contributed by atoms with Crippen molar-refractivity contribution in [2.75, 3.05) is 37.0 Å². The lowest BCUT2D eigenvalue weighted by atomic mass is 10.1. The number of nitrogens with one attached hydrogen (secondary N) is 2. The van der Waals surface area contributed by atoms with E-state index >= 15 is 0 Å². The molecule has 33 heavy (non-hydrogen) atoms. The number of aliphatic imine (C=N–C) groups is 1. The number of thioether (sulfide) groups is 1. The molecule has 2 heterocycles. The van der Waals surface area contributed by atoms with Crippen LogP contribution in [0.1, 0.15) is 27.9 Å². The molecular formula is C24H30N4O3S2. The van der Waals surface area contributed by atoms with Gasteiger partial charge in [0.2, 0.25) is 0 Å². The summed E-state index contributed by atoms with van der Waals surface area (Å²) in [6.45, 7) is 4.36. The molecule has 0 aromatic heterocycles. The van der Waals surface area contributed by atoms with Crippen molar-refractivity contribution in [3.63, 3.8) is 0 Å². The second-order valence-electron chi connectivity index (χ2n) is 8.72. The van der Waals surface area contributed by atoms with E-state index in [1.165, 1.54) is 17.3 Å². The number of hydrogen-bond donors (Lipinski definition) is 2. The minimum Gasteiger partial charge on any atom is -0.352 e. The van der Waals surface area contributed by atoms with Crippen LogP contribution in [0.5, 0.6) is 0 Å². The molecule has 0 bridgehead atoms. The summed E-state index contributed by atoms with van der Waals surface area (Å²) in [5.41, 5.74) is 3.69. The maximum absolute atomic E-state index is 12.7. The van der Waals surface area contributed by atoms with Crippen LogP contribution in [-0.2, 0) is 16.4 Å². The first-order chi connectivity index (χ1) is 15.8. The normalized spacial score (nSPS) is 21.0. The standard InChI is InChI=1S/C24H30N4O3S2/c1-17-9-10-19(13-20(17)26-24-27-21-15-33(30,31)16-22(21)32-24)23(29)25-11-6-12-28(2)14-18-7-4-3-5-8-18/h3-5,7-10,13,21-22H,6,11-12,14-16H2,1-2H3,(H,25,29)(H,26,27)/t21-,22+/m1/s1. The summed E-state index contributed by atoms with van der Waals surface area (Å²) in [4.78, 5) is 19.5. The molecular weight excluding hydrogens is 456 g/mol. The van der Waals surface area contributed by atoms with Gasteiger partial charge in [-0.2, -0.15) is 0 Å². The number of nitrogens with zero attached hydrogens (tertiary/aromatic N) is 2. The van der Waals surface area contributed by atoms with Crippen LogP contribution in [0.4, 0.5) is 5.69 Å². The first kappa shape index (κ1) is 23.8. The first-order valence-electron chi connectivity index (χ1n) is 11.1. The minimum absolute atomic E-state index is 0.00990. The molecule has 2 N–H and O–H groups in total. The van der Waals surface area contributed by atoms with Gasteiger partial charge in [0, 0.05) is 29.6 Å². The van der Waals surface area contributed by atoms with E-state index in [2.05, 4.69) is 39.7 Å². The molecule has 7 nitrogen and oxygen atoms in total. The number of aryl methyl sites for hydroxylation is 1. The maximum atomic E-state index is 12.7. The SMILES string of the molecule is Cc1ccc(C(=O)NCCCN(C)Cc2ccccc2)cc1NC1=N[C@@H]2CS(=O)(=O)C[C@@H]2S1. The summed E-state index contributed by atoms with van der Waals surface area (Å²) in [6.07, 6.45) is 0.866. The number of anilines is 1. The Labute approximate surface area is 200 Å². The summed E-state index contributed by atoms with van der Waals surface area (Å²) < 4.78 is 23.5. The summed E-state index contributed by atoms with van der Waals surface area (Å²) in [5.74, 6) is 0.198. The molecule has 1 fully saturated rings. The molecule has 176 valence electrons. The van der Waals surface area contributed by atoms with Crippen LogP contribution in [0.15, 0.2) is 53.5 Å². The van der Waals surface area contributed by atoms with Gasteiger partial charge in [-0.25, -0.2) is 8.42 Å². The van der Waals surface area contributed by atoms with E-state index in [1.54, 1.807) is 0 Å².